The Kier molecular flexibility index (Phi) is 12.2. The van der Waals surface area contributed by atoms with E-state index in [1.54, 1.807) is 18.2 Å². The molecule has 3 amide bonds. The van der Waals surface area contributed by atoms with Gasteiger partial charge >= 0.3 is 0 Å². The van der Waals surface area contributed by atoms with E-state index < -0.39 is 5.82 Å². The number of fused-ring (bicyclic) bond motifs is 1. The number of nitrogens with zero attached hydrogens (tertiary/aromatic N) is 5. The number of aromatic nitrogens is 2. The van der Waals surface area contributed by atoms with Crippen molar-refractivity contribution in [1.82, 2.24) is 24.7 Å². The van der Waals surface area contributed by atoms with Gasteiger partial charge in [-0.2, -0.15) is 0 Å². The molecule has 0 atom stereocenters. The number of ether oxygens (including phenoxy) is 1. The quantitative estimate of drug-likeness (QED) is 0.177. The van der Waals surface area contributed by atoms with Crippen LogP contribution in [0.15, 0.2) is 48.8 Å². The van der Waals surface area contributed by atoms with Gasteiger partial charge in [0.2, 0.25) is 17.7 Å². The molecule has 0 aliphatic carbocycles. The first-order valence-electron chi connectivity index (χ1n) is 16.2. The Hall–Kier alpha value is -4.33. The van der Waals surface area contributed by atoms with Gasteiger partial charge in [-0.05, 0) is 63.0 Å². The van der Waals surface area contributed by atoms with Crippen LogP contribution < -0.4 is 21.1 Å². The van der Waals surface area contributed by atoms with Crippen LogP contribution in [0.1, 0.15) is 38.5 Å². The lowest BCUT2D eigenvalue weighted by Crippen LogP contribution is -2.54. The van der Waals surface area contributed by atoms with E-state index in [9.17, 15) is 18.8 Å². The van der Waals surface area contributed by atoms with Gasteiger partial charge in [0.1, 0.15) is 23.7 Å². The second-order valence-electron chi connectivity index (χ2n) is 12.1. The zero-order valence-electron chi connectivity index (χ0n) is 27.1. The van der Waals surface area contributed by atoms with E-state index in [0.29, 0.717) is 72.1 Å². The number of piperazine rings is 1. The summed E-state index contributed by atoms with van der Waals surface area (Å²) in [5.74, 6) is -0.0598. The summed E-state index contributed by atoms with van der Waals surface area (Å²) in [7, 11) is 1.52. The van der Waals surface area contributed by atoms with Crippen LogP contribution in [-0.4, -0.2) is 101 Å². The van der Waals surface area contributed by atoms with Crippen LogP contribution >= 0.6 is 11.6 Å². The van der Waals surface area contributed by atoms with Gasteiger partial charge in [0.05, 0.1) is 23.3 Å². The van der Waals surface area contributed by atoms with E-state index in [2.05, 4.69) is 30.4 Å². The number of piperidine rings is 1. The van der Waals surface area contributed by atoms with Crippen LogP contribution in [0.25, 0.3) is 10.9 Å². The molecule has 2 fully saturated rings. The molecule has 1 aromatic heterocycles. The van der Waals surface area contributed by atoms with Gasteiger partial charge in [0, 0.05) is 74.8 Å². The summed E-state index contributed by atoms with van der Waals surface area (Å²) < 4.78 is 19.2. The summed E-state index contributed by atoms with van der Waals surface area (Å²) in [4.78, 5) is 51.7. The molecule has 0 saturated carbocycles. The number of likely N-dealkylation sites (tertiary alicyclic amines) is 1. The Balaban J connectivity index is 1.08. The normalized spacial score (nSPS) is 16.4. The summed E-state index contributed by atoms with van der Waals surface area (Å²) in [5, 5.41) is 6.66. The fourth-order valence-corrected chi connectivity index (χ4v) is 6.36. The lowest BCUT2D eigenvalue weighted by molar-refractivity contribution is -0.133. The van der Waals surface area contributed by atoms with Crippen molar-refractivity contribution in [1.29, 1.82) is 0 Å². The summed E-state index contributed by atoms with van der Waals surface area (Å²) in [6.45, 7) is 5.76. The molecule has 0 bridgehead atoms. The maximum absolute atomic E-state index is 13.6. The van der Waals surface area contributed by atoms with Crippen molar-refractivity contribution in [2.45, 2.75) is 44.6 Å². The molecule has 2 saturated heterocycles. The van der Waals surface area contributed by atoms with Gasteiger partial charge in [-0.25, -0.2) is 14.4 Å². The molecule has 14 heteroatoms. The van der Waals surface area contributed by atoms with Gasteiger partial charge in [-0.3, -0.25) is 24.2 Å². The molecule has 2 aliphatic heterocycles. The standard InChI is InChI=1S/C34H42ClFN8O4/c1-48-30-21-28-25(34(39-22-38-28)40-23-8-9-27(36)26(35)19-23)20-29(30)41-32(46)6-4-12-42-13-10-24(11-14-42)43-15-17-44(18-16-43)33(47)7-3-2-5-31(37)45/h4,6,8-9,19-22,24H,2-3,5,7,10-18H2,1H3,(H2,37,45)(H,41,46)(H,38,39,40)/b6-4+. The Morgan fingerprint density at radius 3 is 2.50 bits per heavy atom. The van der Waals surface area contributed by atoms with Crippen molar-refractivity contribution in [3.8, 4) is 5.75 Å². The number of hydrogen-bond acceptors (Lipinski definition) is 9. The average Bonchev–Trinajstić information content (AvgIpc) is 3.08. The molecule has 3 heterocycles. The number of anilines is 3. The number of rotatable bonds is 13. The molecule has 2 aliphatic rings. The number of methoxy groups -OCH3 is 1. The Morgan fingerprint density at radius 2 is 1.79 bits per heavy atom. The van der Waals surface area contributed by atoms with Crippen LogP contribution in [0, 0.1) is 5.82 Å². The zero-order valence-corrected chi connectivity index (χ0v) is 27.8. The highest BCUT2D eigenvalue weighted by Gasteiger charge is 2.28. The van der Waals surface area contributed by atoms with Crippen molar-refractivity contribution in [2.75, 3.05) is 63.6 Å². The van der Waals surface area contributed by atoms with E-state index in [0.717, 1.165) is 52.1 Å². The first-order valence-corrected chi connectivity index (χ1v) is 16.6. The van der Waals surface area contributed by atoms with Crippen LogP contribution in [0.5, 0.6) is 5.75 Å². The van der Waals surface area contributed by atoms with Crippen LogP contribution in [-0.2, 0) is 14.4 Å². The molecule has 256 valence electrons. The highest BCUT2D eigenvalue weighted by molar-refractivity contribution is 6.31. The first-order chi connectivity index (χ1) is 23.2. The van der Waals surface area contributed by atoms with Crippen molar-refractivity contribution in [3.63, 3.8) is 0 Å². The SMILES string of the molecule is COc1cc2ncnc(Nc3ccc(F)c(Cl)c3)c2cc1NC(=O)/C=C/CN1CCC(N2CCN(C(=O)CCCCC(N)=O)CC2)CC1. The van der Waals surface area contributed by atoms with Gasteiger partial charge < -0.3 is 26.0 Å². The third-order valence-corrected chi connectivity index (χ3v) is 9.12. The first kappa shape index (κ1) is 35.0. The monoisotopic (exact) mass is 680 g/mol. The molecule has 12 nitrogen and oxygen atoms in total. The molecule has 48 heavy (non-hydrogen) atoms. The van der Waals surface area contributed by atoms with Crippen molar-refractivity contribution >= 4 is 57.4 Å². The number of nitrogens with one attached hydrogen (secondary N) is 2. The second kappa shape index (κ2) is 16.7. The van der Waals surface area contributed by atoms with E-state index in [1.807, 2.05) is 11.0 Å². The predicted octanol–water partition coefficient (Wildman–Crippen LogP) is 4.32. The number of hydrogen-bond donors (Lipinski definition) is 3. The van der Waals surface area contributed by atoms with E-state index in [1.165, 1.54) is 31.6 Å². The fourth-order valence-electron chi connectivity index (χ4n) is 6.18. The molecular formula is C34H42ClFN8O4. The van der Waals surface area contributed by atoms with E-state index in [4.69, 9.17) is 22.1 Å². The summed E-state index contributed by atoms with van der Waals surface area (Å²) in [5.41, 5.74) is 6.78. The maximum atomic E-state index is 13.6. The third kappa shape index (κ3) is 9.39. The average molecular weight is 681 g/mol. The Bertz CT molecular complexity index is 1640. The predicted molar refractivity (Wildman–Crippen MR) is 184 cm³/mol. The number of carbonyl (C=O) groups is 3. The number of benzene rings is 2. The lowest BCUT2D eigenvalue weighted by Gasteiger charge is -2.42. The minimum atomic E-state index is -0.519. The smallest absolute Gasteiger partial charge is 0.248 e. The van der Waals surface area contributed by atoms with Crippen LogP contribution in [0.3, 0.4) is 0 Å². The van der Waals surface area contributed by atoms with Crippen molar-refractivity contribution < 1.29 is 23.5 Å². The zero-order chi connectivity index (χ0) is 34.0. The molecule has 5 rings (SSSR count). The molecule has 0 radical (unpaired) electrons. The summed E-state index contributed by atoms with van der Waals surface area (Å²) in [6, 6.07) is 8.24. The van der Waals surface area contributed by atoms with Crippen LogP contribution in [0.2, 0.25) is 5.02 Å². The highest BCUT2D eigenvalue weighted by atomic mass is 35.5. The molecular weight excluding hydrogens is 639 g/mol. The number of amides is 3. The highest BCUT2D eigenvalue weighted by Crippen LogP contribution is 2.33. The van der Waals surface area contributed by atoms with Crippen molar-refractivity contribution in [3.05, 3.63) is 59.7 Å². The van der Waals surface area contributed by atoms with Gasteiger partial charge in [-0.15, -0.1) is 0 Å². The number of halogens is 2. The molecule has 4 N–H and O–H groups in total. The minimum absolute atomic E-state index is 0.0142. The number of carbonyl (C=O) groups excluding carboxylic acids is 3. The number of unbranched alkanes of at least 4 members (excludes halogenated alkanes) is 1. The molecule has 0 unspecified atom stereocenters. The summed E-state index contributed by atoms with van der Waals surface area (Å²) in [6.07, 6.45) is 9.03. The maximum Gasteiger partial charge on any atom is 0.248 e. The molecule has 0 spiro atoms. The van der Waals surface area contributed by atoms with E-state index in [-0.39, 0.29) is 22.7 Å². The largest absolute Gasteiger partial charge is 0.494 e. The van der Waals surface area contributed by atoms with Gasteiger partial charge in [0.15, 0.2) is 0 Å². The minimum Gasteiger partial charge on any atom is -0.494 e. The van der Waals surface area contributed by atoms with Gasteiger partial charge in [-0.1, -0.05) is 17.7 Å². The van der Waals surface area contributed by atoms with Crippen LogP contribution in [0.4, 0.5) is 21.6 Å². The van der Waals surface area contributed by atoms with E-state index >= 15 is 0 Å². The molecule has 2 aromatic carbocycles. The molecule has 3 aromatic rings. The second-order valence-corrected chi connectivity index (χ2v) is 12.5. The Labute approximate surface area is 284 Å². The Morgan fingerprint density at radius 1 is 1.04 bits per heavy atom. The van der Waals surface area contributed by atoms with Crippen molar-refractivity contribution in [2.24, 2.45) is 5.73 Å². The lowest BCUT2D eigenvalue weighted by atomic mass is 10.0. The number of nitrogens with two attached hydrogens (primary N) is 1. The van der Waals surface area contributed by atoms with Gasteiger partial charge in [0.25, 0.3) is 0 Å². The number of primary amides is 1. The summed E-state index contributed by atoms with van der Waals surface area (Å²) >= 11 is 5.94. The third-order valence-electron chi connectivity index (χ3n) is 8.83. The topological polar surface area (TPSA) is 146 Å². The fraction of sp³-hybridized carbons (Fsp3) is 0.441.